The summed E-state index contributed by atoms with van der Waals surface area (Å²) in [6, 6.07) is 2.07. The zero-order valence-corrected chi connectivity index (χ0v) is 16.6. The van der Waals surface area contributed by atoms with Crippen molar-refractivity contribution >= 4 is 12.1 Å². The van der Waals surface area contributed by atoms with Gasteiger partial charge in [0.05, 0.1) is 0 Å². The van der Waals surface area contributed by atoms with Crippen molar-refractivity contribution in [1.29, 1.82) is 0 Å². The third-order valence-electron chi connectivity index (χ3n) is 3.49. The van der Waals surface area contributed by atoms with Gasteiger partial charge in [-0.15, -0.1) is 0 Å². The molecule has 0 saturated carbocycles. The molecule has 2 N–H and O–H groups in total. The highest BCUT2D eigenvalue weighted by molar-refractivity contribution is 5.79. The van der Waals surface area contributed by atoms with Crippen molar-refractivity contribution < 1.29 is 9.53 Å². The van der Waals surface area contributed by atoms with E-state index in [0.717, 1.165) is 5.96 Å². The Morgan fingerprint density at radius 1 is 1.40 bits per heavy atom. The summed E-state index contributed by atoms with van der Waals surface area (Å²) >= 11 is 0. The van der Waals surface area contributed by atoms with Crippen LogP contribution >= 0.6 is 0 Å². The topological polar surface area (TPSA) is 70.9 Å². The van der Waals surface area contributed by atoms with Crippen LogP contribution in [-0.2, 0) is 18.3 Å². The van der Waals surface area contributed by atoms with Crippen molar-refractivity contribution in [1.82, 2.24) is 20.1 Å². The smallest absolute Gasteiger partial charge is 0.410 e. The first-order valence-corrected chi connectivity index (χ1v) is 8.60. The number of nitrogens with zero attached hydrogens (tertiary/aromatic N) is 3. The van der Waals surface area contributed by atoms with E-state index in [-0.39, 0.29) is 12.0 Å². The van der Waals surface area contributed by atoms with E-state index in [0.29, 0.717) is 19.6 Å². The maximum atomic E-state index is 12.0. The molecule has 0 aliphatic heterocycles. The summed E-state index contributed by atoms with van der Waals surface area (Å²) in [7, 11) is 5.50. The van der Waals surface area contributed by atoms with E-state index in [4.69, 9.17) is 4.74 Å². The number of aromatic nitrogens is 1. The van der Waals surface area contributed by atoms with Gasteiger partial charge in [0.15, 0.2) is 5.96 Å². The van der Waals surface area contributed by atoms with Crippen LogP contribution in [0.4, 0.5) is 4.79 Å². The van der Waals surface area contributed by atoms with Crippen LogP contribution in [0, 0.1) is 5.92 Å². The predicted molar refractivity (Wildman–Crippen MR) is 102 cm³/mol. The summed E-state index contributed by atoms with van der Waals surface area (Å²) < 4.78 is 7.38. The minimum Gasteiger partial charge on any atom is -0.444 e. The van der Waals surface area contributed by atoms with Crippen molar-refractivity contribution in [2.75, 3.05) is 27.2 Å². The van der Waals surface area contributed by atoms with Gasteiger partial charge < -0.3 is 24.8 Å². The number of nitrogens with one attached hydrogen (secondary N) is 2. The standard InChI is InChI=1S/C18H33N5O2/c1-14(12-23(7)17(24)25-18(2,3)4)10-20-16(19-5)21-11-15-8-9-22(6)13-15/h8-9,13-14H,10-12H2,1-7H3,(H2,19,20,21). The van der Waals surface area contributed by atoms with Crippen molar-refractivity contribution in [3.05, 3.63) is 24.0 Å². The fourth-order valence-electron chi connectivity index (χ4n) is 2.29. The van der Waals surface area contributed by atoms with E-state index in [9.17, 15) is 4.79 Å². The summed E-state index contributed by atoms with van der Waals surface area (Å²) in [6.45, 7) is 9.72. The molecule has 1 atom stereocenters. The Morgan fingerprint density at radius 2 is 2.08 bits per heavy atom. The number of carbonyl (C=O) groups is 1. The summed E-state index contributed by atoms with van der Waals surface area (Å²) in [6.07, 6.45) is 3.78. The van der Waals surface area contributed by atoms with Gasteiger partial charge in [0, 0.05) is 53.2 Å². The Labute approximate surface area is 151 Å². The van der Waals surface area contributed by atoms with Gasteiger partial charge in [0.1, 0.15) is 5.60 Å². The number of guanidine groups is 1. The average molecular weight is 351 g/mol. The van der Waals surface area contributed by atoms with E-state index < -0.39 is 5.60 Å². The molecule has 1 rings (SSSR count). The second kappa shape index (κ2) is 9.34. The number of aryl methyl sites for hydroxylation is 1. The highest BCUT2D eigenvalue weighted by Gasteiger charge is 2.20. The van der Waals surface area contributed by atoms with Gasteiger partial charge in [0.2, 0.25) is 0 Å². The van der Waals surface area contributed by atoms with E-state index in [1.807, 2.05) is 38.6 Å². The molecule has 0 bridgehead atoms. The second-order valence-corrected chi connectivity index (χ2v) is 7.46. The largest absolute Gasteiger partial charge is 0.444 e. The number of hydrogen-bond donors (Lipinski definition) is 2. The van der Waals surface area contributed by atoms with E-state index in [1.54, 1.807) is 19.0 Å². The van der Waals surface area contributed by atoms with Gasteiger partial charge in [-0.25, -0.2) is 4.79 Å². The van der Waals surface area contributed by atoms with Gasteiger partial charge in [-0.1, -0.05) is 6.92 Å². The van der Waals surface area contributed by atoms with E-state index in [2.05, 4.69) is 34.8 Å². The van der Waals surface area contributed by atoms with Gasteiger partial charge in [-0.3, -0.25) is 4.99 Å². The Balaban J connectivity index is 2.35. The fraction of sp³-hybridized carbons (Fsp3) is 0.667. The summed E-state index contributed by atoms with van der Waals surface area (Å²) in [5.74, 6) is 1.00. The summed E-state index contributed by atoms with van der Waals surface area (Å²) in [4.78, 5) is 17.8. The van der Waals surface area contributed by atoms with Crippen LogP contribution in [0.25, 0.3) is 0 Å². The summed E-state index contributed by atoms with van der Waals surface area (Å²) in [5.41, 5.74) is 0.721. The first kappa shape index (κ1) is 20.9. The molecule has 25 heavy (non-hydrogen) atoms. The minimum absolute atomic E-state index is 0.257. The lowest BCUT2D eigenvalue weighted by Crippen LogP contribution is -2.42. The minimum atomic E-state index is -0.476. The zero-order valence-electron chi connectivity index (χ0n) is 16.6. The molecule has 142 valence electrons. The molecule has 0 spiro atoms. The molecule has 1 amide bonds. The van der Waals surface area contributed by atoms with Gasteiger partial charge >= 0.3 is 6.09 Å². The predicted octanol–water partition coefficient (Wildman–Crippen LogP) is 2.19. The molecule has 0 radical (unpaired) electrons. The number of hydrogen-bond acceptors (Lipinski definition) is 3. The lowest BCUT2D eigenvalue weighted by molar-refractivity contribution is 0.0278. The van der Waals surface area contributed by atoms with Crippen LogP contribution in [0.5, 0.6) is 0 Å². The molecule has 0 aliphatic rings. The maximum absolute atomic E-state index is 12.0. The number of ether oxygens (including phenoxy) is 1. The molecular formula is C18H33N5O2. The van der Waals surface area contributed by atoms with Crippen molar-refractivity contribution in [2.45, 2.75) is 39.8 Å². The third kappa shape index (κ3) is 8.47. The molecule has 1 heterocycles. The van der Waals surface area contributed by atoms with Crippen molar-refractivity contribution in [3.63, 3.8) is 0 Å². The second-order valence-electron chi connectivity index (χ2n) is 7.46. The summed E-state index contributed by atoms with van der Waals surface area (Å²) in [5, 5.41) is 6.57. The molecule has 1 aromatic rings. The lowest BCUT2D eigenvalue weighted by Gasteiger charge is -2.26. The zero-order chi connectivity index (χ0) is 19.0. The first-order chi connectivity index (χ1) is 11.6. The molecule has 1 aromatic heterocycles. The highest BCUT2D eigenvalue weighted by atomic mass is 16.6. The van der Waals surface area contributed by atoms with Crippen LogP contribution in [0.15, 0.2) is 23.5 Å². The first-order valence-electron chi connectivity index (χ1n) is 8.60. The number of amides is 1. The number of aliphatic imine (C=N–C) groups is 1. The maximum Gasteiger partial charge on any atom is 0.410 e. The highest BCUT2D eigenvalue weighted by Crippen LogP contribution is 2.10. The Bertz CT molecular complexity index is 574. The molecule has 0 aliphatic carbocycles. The Kier molecular flexibility index (Phi) is 7.80. The molecule has 0 saturated heterocycles. The fourth-order valence-corrected chi connectivity index (χ4v) is 2.29. The average Bonchev–Trinajstić information content (AvgIpc) is 2.91. The molecular weight excluding hydrogens is 318 g/mol. The molecule has 7 heteroatoms. The quantitative estimate of drug-likeness (QED) is 0.609. The molecule has 1 unspecified atom stereocenters. The van der Waals surface area contributed by atoms with Gasteiger partial charge in [-0.2, -0.15) is 0 Å². The van der Waals surface area contributed by atoms with Crippen LogP contribution in [-0.4, -0.2) is 54.3 Å². The van der Waals surface area contributed by atoms with Crippen molar-refractivity contribution in [2.24, 2.45) is 18.0 Å². The monoisotopic (exact) mass is 351 g/mol. The molecule has 0 fully saturated rings. The van der Waals surface area contributed by atoms with Crippen molar-refractivity contribution in [3.8, 4) is 0 Å². The van der Waals surface area contributed by atoms with Crippen LogP contribution < -0.4 is 10.6 Å². The Morgan fingerprint density at radius 3 is 2.60 bits per heavy atom. The normalized spacial score (nSPS) is 13.3. The van der Waals surface area contributed by atoms with Crippen LogP contribution in [0.3, 0.4) is 0 Å². The number of rotatable bonds is 6. The lowest BCUT2D eigenvalue weighted by atomic mass is 10.1. The van der Waals surface area contributed by atoms with Gasteiger partial charge in [-0.05, 0) is 38.3 Å². The van der Waals surface area contributed by atoms with E-state index in [1.165, 1.54) is 5.56 Å². The number of carbonyl (C=O) groups excluding carboxylic acids is 1. The van der Waals surface area contributed by atoms with E-state index >= 15 is 0 Å². The Hall–Kier alpha value is -2.18. The van der Waals surface area contributed by atoms with Crippen LogP contribution in [0.1, 0.15) is 33.3 Å². The molecule has 7 nitrogen and oxygen atoms in total. The third-order valence-corrected chi connectivity index (χ3v) is 3.49. The SMILES string of the molecule is CN=C(NCc1ccn(C)c1)NCC(C)CN(C)C(=O)OC(C)(C)C. The molecule has 0 aromatic carbocycles. The van der Waals surface area contributed by atoms with Crippen LogP contribution in [0.2, 0.25) is 0 Å². The van der Waals surface area contributed by atoms with Gasteiger partial charge in [0.25, 0.3) is 0 Å².